The molecule has 4 aliphatic carbocycles. The lowest BCUT2D eigenvalue weighted by Crippen LogP contribution is -2.62. The van der Waals surface area contributed by atoms with E-state index in [1.165, 1.54) is 5.56 Å². The molecule has 1 amide bonds. The van der Waals surface area contributed by atoms with Gasteiger partial charge in [0, 0.05) is 32.0 Å². The maximum absolute atomic E-state index is 13.4. The van der Waals surface area contributed by atoms with Crippen molar-refractivity contribution in [3.05, 3.63) is 41.7 Å². The van der Waals surface area contributed by atoms with Crippen LogP contribution in [0.2, 0.25) is 0 Å². The van der Waals surface area contributed by atoms with Crippen LogP contribution in [0.1, 0.15) is 49.4 Å². The van der Waals surface area contributed by atoms with Gasteiger partial charge in [0.2, 0.25) is 5.91 Å². The Kier molecular flexibility index (Phi) is 3.80. The fourth-order valence-corrected chi connectivity index (χ4v) is 7.29. The van der Waals surface area contributed by atoms with Gasteiger partial charge in [-0.1, -0.05) is 30.3 Å². The van der Waals surface area contributed by atoms with Gasteiger partial charge in [0.1, 0.15) is 0 Å². The number of aryl methyl sites for hydroxylation is 1. The zero-order chi connectivity index (χ0) is 19.8. The number of aromatic nitrogens is 3. The number of rotatable bonds is 4. The van der Waals surface area contributed by atoms with Crippen molar-refractivity contribution >= 4 is 5.91 Å². The summed E-state index contributed by atoms with van der Waals surface area (Å²) < 4.78 is 0. The normalized spacial score (nSPS) is 38.4. The lowest BCUT2D eigenvalue weighted by molar-refractivity contribution is -0.155. The molecule has 5 aliphatic rings. The van der Waals surface area contributed by atoms with E-state index in [1.807, 2.05) is 11.9 Å². The first-order valence-corrected chi connectivity index (χ1v) is 11.1. The summed E-state index contributed by atoms with van der Waals surface area (Å²) in [4.78, 5) is 17.1. The summed E-state index contributed by atoms with van der Waals surface area (Å²) in [6, 6.07) is 10.8. The minimum absolute atomic E-state index is 0.0526. The summed E-state index contributed by atoms with van der Waals surface area (Å²) in [5.41, 5.74) is 1.30. The highest BCUT2D eigenvalue weighted by Crippen LogP contribution is 2.64. The highest BCUT2D eigenvalue weighted by molar-refractivity contribution is 5.79. The van der Waals surface area contributed by atoms with Gasteiger partial charge in [0.15, 0.2) is 5.82 Å². The second kappa shape index (κ2) is 6.21. The predicted octanol–water partition coefficient (Wildman–Crippen LogP) is 2.43. The van der Waals surface area contributed by atoms with Crippen LogP contribution in [0.5, 0.6) is 0 Å². The summed E-state index contributed by atoms with van der Waals surface area (Å²) in [6.07, 6.45) is 4.81. The Hall–Kier alpha value is -2.08. The van der Waals surface area contributed by atoms with Gasteiger partial charge < -0.3 is 10.0 Å². The summed E-state index contributed by atoms with van der Waals surface area (Å²) in [5, 5.41) is 18.2. The topological polar surface area (TPSA) is 74.2 Å². The average molecular weight is 395 g/mol. The van der Waals surface area contributed by atoms with Crippen LogP contribution in [0.4, 0.5) is 0 Å². The van der Waals surface area contributed by atoms with Gasteiger partial charge in [0.25, 0.3) is 0 Å². The number of hydrogen-bond acceptors (Lipinski definition) is 3. The number of aliphatic hydroxyl groups excluding tert-OH is 1. The lowest BCUT2D eigenvalue weighted by Gasteiger charge is -2.63. The van der Waals surface area contributed by atoms with Crippen molar-refractivity contribution in [1.82, 2.24) is 19.9 Å². The number of amides is 1. The molecule has 4 saturated carbocycles. The number of aromatic amines is 1. The van der Waals surface area contributed by atoms with E-state index in [4.69, 9.17) is 0 Å². The first kappa shape index (κ1) is 17.8. The zero-order valence-corrected chi connectivity index (χ0v) is 17.0. The average Bonchev–Trinajstić information content (AvgIpc) is 2.64. The third-order valence-electron chi connectivity index (χ3n) is 8.68. The van der Waals surface area contributed by atoms with E-state index in [9.17, 15) is 9.90 Å². The molecule has 0 spiro atoms. The monoisotopic (exact) mass is 394 g/mol. The van der Waals surface area contributed by atoms with Gasteiger partial charge in [-0.05, 0) is 54.9 Å². The molecule has 1 saturated heterocycles. The SMILES string of the molecule is Cn1nc(C2CN(C(=O)CC3(c4ccccc4)C4CC5CC3CC(C4)C5O)C2)[nH]1. The summed E-state index contributed by atoms with van der Waals surface area (Å²) in [6.45, 7) is 1.56. The number of H-pyrrole nitrogens is 1. The summed E-state index contributed by atoms with van der Waals surface area (Å²) in [7, 11) is 1.89. The molecule has 1 aromatic heterocycles. The molecule has 4 bridgehead atoms. The molecule has 0 radical (unpaired) electrons. The van der Waals surface area contributed by atoms with E-state index in [2.05, 4.69) is 40.5 Å². The van der Waals surface area contributed by atoms with Crippen LogP contribution in [0.25, 0.3) is 0 Å². The van der Waals surface area contributed by atoms with Gasteiger partial charge >= 0.3 is 0 Å². The van der Waals surface area contributed by atoms with E-state index in [0.717, 1.165) is 44.6 Å². The molecule has 2 heterocycles. The minimum Gasteiger partial charge on any atom is -0.393 e. The Morgan fingerprint density at radius 3 is 2.28 bits per heavy atom. The van der Waals surface area contributed by atoms with Crippen LogP contribution in [-0.2, 0) is 17.3 Å². The van der Waals surface area contributed by atoms with E-state index >= 15 is 0 Å². The van der Waals surface area contributed by atoms with Crippen molar-refractivity contribution < 1.29 is 9.90 Å². The second-order valence-electron chi connectivity index (χ2n) is 10.0. The van der Waals surface area contributed by atoms with Gasteiger partial charge in [-0.15, -0.1) is 5.10 Å². The Balaban J connectivity index is 1.26. The molecule has 1 aliphatic heterocycles. The number of aliphatic hydroxyl groups is 1. The Morgan fingerprint density at radius 2 is 1.72 bits per heavy atom. The number of hydrogen-bond donors (Lipinski definition) is 2. The van der Waals surface area contributed by atoms with Crippen molar-refractivity contribution in [2.75, 3.05) is 13.1 Å². The number of likely N-dealkylation sites (tertiary alicyclic amines) is 1. The second-order valence-corrected chi connectivity index (χ2v) is 10.0. The number of nitrogens with zero attached hydrogens (tertiary/aromatic N) is 3. The van der Waals surface area contributed by atoms with Crippen LogP contribution in [0.3, 0.4) is 0 Å². The highest BCUT2D eigenvalue weighted by Gasteiger charge is 2.61. The highest BCUT2D eigenvalue weighted by atomic mass is 16.3. The molecule has 6 heteroatoms. The number of nitrogens with one attached hydrogen (secondary N) is 1. The molecule has 154 valence electrons. The van der Waals surface area contributed by atoms with Gasteiger partial charge in [-0.25, -0.2) is 4.80 Å². The number of benzene rings is 1. The van der Waals surface area contributed by atoms with Crippen molar-refractivity contribution in [2.24, 2.45) is 30.7 Å². The molecule has 6 nitrogen and oxygen atoms in total. The van der Waals surface area contributed by atoms with Crippen molar-refractivity contribution in [2.45, 2.75) is 49.5 Å². The summed E-state index contributed by atoms with van der Waals surface area (Å²) >= 11 is 0. The number of carbonyl (C=O) groups excluding carboxylic acids is 1. The van der Waals surface area contributed by atoms with Crippen LogP contribution in [-0.4, -0.2) is 50.1 Å². The molecular weight excluding hydrogens is 364 g/mol. The van der Waals surface area contributed by atoms with Crippen LogP contribution in [0.15, 0.2) is 30.3 Å². The number of carbonyl (C=O) groups is 1. The molecular formula is C23H30N4O2. The molecule has 0 atom stereocenters. The fraction of sp³-hybridized carbons (Fsp3) is 0.652. The van der Waals surface area contributed by atoms with Gasteiger partial charge in [0.05, 0.1) is 12.0 Å². The lowest BCUT2D eigenvalue weighted by atomic mass is 9.42. The smallest absolute Gasteiger partial charge is 0.223 e. The first-order chi connectivity index (χ1) is 14.0. The van der Waals surface area contributed by atoms with E-state index in [-0.39, 0.29) is 11.5 Å². The zero-order valence-electron chi connectivity index (χ0n) is 17.0. The molecule has 0 unspecified atom stereocenters. The quantitative estimate of drug-likeness (QED) is 0.836. The first-order valence-electron chi connectivity index (χ1n) is 11.1. The van der Waals surface area contributed by atoms with Crippen LogP contribution < -0.4 is 0 Å². The largest absolute Gasteiger partial charge is 0.393 e. The van der Waals surface area contributed by atoms with Crippen LogP contribution in [0, 0.1) is 23.7 Å². The molecule has 29 heavy (non-hydrogen) atoms. The standard InChI is InChI=1S/C23H30N4O2/c1-26-24-22(25-26)16-12-27(13-16)20(28)11-23(17-5-3-2-4-6-17)18-7-14-8-19(23)10-15(9-18)21(14)29/h2-6,14-16,18-19,21,29H,7-13H2,1H3,(H,24,25). The summed E-state index contributed by atoms with van der Waals surface area (Å²) in [5.74, 6) is 3.59. The minimum atomic E-state index is -0.114. The third-order valence-corrected chi connectivity index (χ3v) is 8.68. The molecule has 7 rings (SSSR count). The van der Waals surface area contributed by atoms with Gasteiger partial charge in [-0.3, -0.25) is 9.89 Å². The van der Waals surface area contributed by atoms with E-state index < -0.39 is 0 Å². The Labute approximate surface area is 171 Å². The van der Waals surface area contributed by atoms with Crippen molar-refractivity contribution in [3.8, 4) is 0 Å². The fourth-order valence-electron chi connectivity index (χ4n) is 7.29. The molecule has 2 aromatic rings. The predicted molar refractivity (Wildman–Crippen MR) is 108 cm³/mol. The Morgan fingerprint density at radius 1 is 1.14 bits per heavy atom. The Bertz CT molecular complexity index is 868. The van der Waals surface area contributed by atoms with E-state index in [0.29, 0.717) is 41.9 Å². The van der Waals surface area contributed by atoms with Crippen molar-refractivity contribution in [3.63, 3.8) is 0 Å². The maximum Gasteiger partial charge on any atom is 0.223 e. The molecule has 2 N–H and O–H groups in total. The van der Waals surface area contributed by atoms with E-state index in [1.54, 1.807) is 4.80 Å². The van der Waals surface area contributed by atoms with Crippen LogP contribution >= 0.6 is 0 Å². The maximum atomic E-state index is 13.4. The molecule has 1 aromatic carbocycles. The molecule has 5 fully saturated rings. The van der Waals surface area contributed by atoms with Gasteiger partial charge in [-0.2, -0.15) is 0 Å². The van der Waals surface area contributed by atoms with Crippen molar-refractivity contribution in [1.29, 1.82) is 0 Å². The third kappa shape index (κ3) is 2.51.